The number of hydrogen-bond acceptors (Lipinski definition) is 4. The van der Waals surface area contributed by atoms with Crippen molar-refractivity contribution in [1.29, 1.82) is 0 Å². The molecule has 0 atom stereocenters. The van der Waals surface area contributed by atoms with Crippen molar-refractivity contribution in [2.24, 2.45) is 0 Å². The lowest BCUT2D eigenvalue weighted by Crippen LogP contribution is -2.60. The van der Waals surface area contributed by atoms with Crippen molar-refractivity contribution in [1.82, 2.24) is 0 Å². The van der Waals surface area contributed by atoms with Gasteiger partial charge in [0.05, 0.1) is 5.69 Å². The fourth-order valence-electron chi connectivity index (χ4n) is 13.5. The Morgan fingerprint density at radius 2 is 0.938 bits per heavy atom. The Kier molecular flexibility index (Phi) is 12.8. The van der Waals surface area contributed by atoms with Crippen LogP contribution in [0.15, 0.2) is 158 Å². The summed E-state index contributed by atoms with van der Waals surface area (Å²) in [6.07, 6.45) is 2.33. The molecule has 1 aromatic heterocycles. The third kappa shape index (κ3) is 9.35. The first-order valence-electron chi connectivity index (χ1n) is 29.8. The number of hydrogen-bond donors (Lipinski definition) is 0. The van der Waals surface area contributed by atoms with E-state index in [1.807, 2.05) is 11.3 Å². The Balaban J connectivity index is 1.20. The minimum absolute atomic E-state index is 0.00673. The fourth-order valence-corrected chi connectivity index (χ4v) is 14.8. The molecule has 0 spiro atoms. The van der Waals surface area contributed by atoms with Crippen molar-refractivity contribution in [3.8, 4) is 11.1 Å². The van der Waals surface area contributed by atoms with Gasteiger partial charge in [-0.15, -0.1) is 11.3 Å². The summed E-state index contributed by atoms with van der Waals surface area (Å²) >= 11 is 2.00. The molecule has 0 N–H and O–H groups in total. The van der Waals surface area contributed by atoms with Gasteiger partial charge in [0.1, 0.15) is 0 Å². The van der Waals surface area contributed by atoms with E-state index in [0.717, 1.165) is 29.2 Å². The molecule has 0 unspecified atom stereocenters. The highest BCUT2D eigenvalue weighted by Gasteiger charge is 2.47. The molecule has 8 aromatic carbocycles. The lowest BCUT2D eigenvalue weighted by atomic mass is 9.36. The van der Waals surface area contributed by atoms with Crippen LogP contribution in [0, 0.1) is 13.8 Å². The van der Waals surface area contributed by atoms with Gasteiger partial charge < -0.3 is 14.7 Å². The van der Waals surface area contributed by atoms with Gasteiger partial charge >= 0.3 is 0 Å². The number of nitrogens with zero attached hydrogens (tertiary/aromatic N) is 3. The minimum atomic E-state index is -0.0449. The number of aryl methyl sites for hydroxylation is 2. The smallest absolute Gasteiger partial charge is 0.264 e. The van der Waals surface area contributed by atoms with E-state index in [-0.39, 0.29) is 39.2 Å². The van der Waals surface area contributed by atoms with Crippen LogP contribution in [0.2, 0.25) is 0 Å². The van der Waals surface area contributed by atoms with Crippen molar-refractivity contribution >= 4 is 95.0 Å². The van der Waals surface area contributed by atoms with E-state index < -0.39 is 0 Å². The van der Waals surface area contributed by atoms with Crippen molar-refractivity contribution in [3.63, 3.8) is 0 Å². The van der Waals surface area contributed by atoms with Crippen LogP contribution < -0.4 is 30.4 Å². The number of benzene rings is 8. The largest absolute Gasteiger partial charge is 0.311 e. The highest BCUT2D eigenvalue weighted by atomic mass is 32.1. The molecule has 0 radical (unpaired) electrons. The maximum atomic E-state index is 2.72. The Morgan fingerprint density at radius 3 is 1.48 bits per heavy atom. The molecular weight excluding hydrogens is 998 g/mol. The fraction of sp³-hybridized carbons (Fsp3) is 0.342. The summed E-state index contributed by atoms with van der Waals surface area (Å²) in [5.41, 5.74) is 26.9. The number of thiophene rings is 1. The Hall–Kier alpha value is -6.82. The molecule has 412 valence electrons. The third-order valence-electron chi connectivity index (χ3n) is 18.6. The van der Waals surface area contributed by atoms with Crippen molar-refractivity contribution in [2.45, 2.75) is 170 Å². The lowest BCUT2D eigenvalue weighted by molar-refractivity contribution is 0.332. The van der Waals surface area contributed by atoms with Crippen LogP contribution in [-0.4, -0.2) is 6.71 Å². The molecule has 5 heteroatoms. The SMILES string of the molecule is Cc1cccc(C)c1-c1cc2c3c(c1)N(c1ccc4c(c1)C(C)(C)CCC4(C)C)c1c(sc4ccc(C(C)(C)C)cc14)B3c1ccc(N(c3ccc(C(C)(C)C)cc3)c3ccc(C(C)(C)C)cc3)cc1N2c1ccc(C(C)(C)C)cc1. The lowest BCUT2D eigenvalue weighted by Gasteiger charge is -2.45. The summed E-state index contributed by atoms with van der Waals surface area (Å²) in [6, 6.07) is 62.3. The van der Waals surface area contributed by atoms with Crippen LogP contribution in [0.1, 0.15) is 168 Å². The van der Waals surface area contributed by atoms with Gasteiger partial charge in [0.25, 0.3) is 6.71 Å². The van der Waals surface area contributed by atoms with E-state index >= 15 is 0 Å². The van der Waals surface area contributed by atoms with Crippen molar-refractivity contribution < 1.29 is 0 Å². The molecule has 0 fully saturated rings. The van der Waals surface area contributed by atoms with Crippen LogP contribution >= 0.6 is 11.3 Å². The standard InChI is InChI=1S/C76H84BN3S/c1-47-20-19-21-48(2)67(47)49-42-64-68-65(43-49)80(57-35-37-60-61(45-57)76(17,18)41-40-75(60,15)16)69-59-44-53(74(12,13)14)28-39-66(59)81-70(69)77(68)62-38-36-58(46-63(62)79(64)56-33-26-52(27-34-56)73(9,10)11)78(54-29-22-50(23-30-54)71(3,4)5)55-31-24-51(25-32-55)72(6,7)8/h19-39,42-46H,40-41H2,1-18H3. The molecule has 0 saturated heterocycles. The highest BCUT2D eigenvalue weighted by molar-refractivity contribution is 7.33. The topological polar surface area (TPSA) is 9.72 Å². The predicted octanol–water partition coefficient (Wildman–Crippen LogP) is 20.3. The number of rotatable bonds is 6. The Labute approximate surface area is 490 Å². The molecule has 81 heavy (non-hydrogen) atoms. The summed E-state index contributed by atoms with van der Waals surface area (Å²) in [6.45, 7) is 42.2. The molecule has 3 nitrogen and oxygen atoms in total. The molecule has 1 aliphatic carbocycles. The van der Waals surface area contributed by atoms with Gasteiger partial charge in [0.15, 0.2) is 0 Å². The summed E-state index contributed by atoms with van der Waals surface area (Å²) in [7, 11) is 0. The summed E-state index contributed by atoms with van der Waals surface area (Å²) in [5, 5.41) is 1.33. The average molecular weight is 1080 g/mol. The average Bonchev–Trinajstić information content (AvgIpc) is 2.09. The van der Waals surface area contributed by atoms with E-state index in [1.54, 1.807) is 0 Å². The first kappa shape index (κ1) is 54.8. The first-order chi connectivity index (χ1) is 38.0. The predicted molar refractivity (Wildman–Crippen MR) is 356 cm³/mol. The van der Waals surface area contributed by atoms with E-state index in [9.17, 15) is 0 Å². The second kappa shape index (κ2) is 18.9. The second-order valence-corrected chi connectivity index (χ2v) is 30.6. The van der Waals surface area contributed by atoms with E-state index in [2.05, 4.69) is 297 Å². The molecule has 0 saturated carbocycles. The van der Waals surface area contributed by atoms with Gasteiger partial charge in [0, 0.05) is 60.4 Å². The third-order valence-corrected chi connectivity index (χ3v) is 19.8. The molecule has 12 rings (SSSR count). The summed E-state index contributed by atoms with van der Waals surface area (Å²) < 4.78 is 2.72. The quantitative estimate of drug-likeness (QED) is 0.154. The van der Waals surface area contributed by atoms with Crippen molar-refractivity contribution in [2.75, 3.05) is 14.7 Å². The summed E-state index contributed by atoms with van der Waals surface area (Å²) in [5.74, 6) is 0. The monoisotopic (exact) mass is 1080 g/mol. The van der Waals surface area contributed by atoms with Gasteiger partial charge in [-0.3, -0.25) is 0 Å². The number of anilines is 9. The molecule has 2 aliphatic heterocycles. The van der Waals surface area contributed by atoms with E-state index in [0.29, 0.717) is 0 Å². The van der Waals surface area contributed by atoms with Crippen LogP contribution in [0.4, 0.5) is 51.2 Å². The van der Waals surface area contributed by atoms with E-state index in [1.165, 1.54) is 116 Å². The zero-order valence-electron chi connectivity index (χ0n) is 51.8. The molecular formula is C76H84BN3S. The van der Waals surface area contributed by atoms with Crippen LogP contribution in [0.5, 0.6) is 0 Å². The van der Waals surface area contributed by atoms with Gasteiger partial charge in [0.2, 0.25) is 0 Å². The Bertz CT molecular complexity index is 3860. The van der Waals surface area contributed by atoms with Gasteiger partial charge in [-0.05, 0) is 211 Å². The van der Waals surface area contributed by atoms with Gasteiger partial charge in [-0.25, -0.2) is 0 Å². The number of fused-ring (bicyclic) bond motifs is 7. The van der Waals surface area contributed by atoms with E-state index in [4.69, 9.17) is 0 Å². The molecule has 0 amide bonds. The van der Waals surface area contributed by atoms with Crippen molar-refractivity contribution in [3.05, 3.63) is 202 Å². The second-order valence-electron chi connectivity index (χ2n) is 29.5. The highest BCUT2D eigenvalue weighted by Crippen LogP contribution is 2.54. The van der Waals surface area contributed by atoms with Crippen LogP contribution in [0.25, 0.3) is 21.2 Å². The molecule has 3 aliphatic rings. The maximum absolute atomic E-state index is 2.72. The van der Waals surface area contributed by atoms with Crippen LogP contribution in [0.3, 0.4) is 0 Å². The van der Waals surface area contributed by atoms with Crippen LogP contribution in [-0.2, 0) is 32.5 Å². The first-order valence-corrected chi connectivity index (χ1v) is 30.6. The molecule has 0 bridgehead atoms. The maximum Gasteiger partial charge on any atom is 0.264 e. The van der Waals surface area contributed by atoms with Gasteiger partial charge in [-0.1, -0.05) is 184 Å². The normalized spacial score (nSPS) is 15.6. The zero-order chi connectivity index (χ0) is 57.7. The summed E-state index contributed by atoms with van der Waals surface area (Å²) in [4.78, 5) is 7.83. The zero-order valence-corrected chi connectivity index (χ0v) is 52.6. The molecule has 3 heterocycles. The minimum Gasteiger partial charge on any atom is -0.311 e. The Morgan fingerprint density at radius 1 is 0.457 bits per heavy atom. The van der Waals surface area contributed by atoms with Gasteiger partial charge in [-0.2, -0.15) is 0 Å². The molecule has 9 aromatic rings.